The number of carbonyl (C=O) groups is 2. The van der Waals surface area contributed by atoms with Crippen molar-refractivity contribution in [1.82, 2.24) is 5.32 Å². The van der Waals surface area contributed by atoms with E-state index in [1.165, 1.54) is 0 Å². The van der Waals surface area contributed by atoms with Crippen molar-refractivity contribution in [3.8, 4) is 5.75 Å². The number of fused-ring (bicyclic) bond motifs is 1. The highest BCUT2D eigenvalue weighted by Gasteiger charge is 2.33. The number of anilines is 1. The fourth-order valence-corrected chi connectivity index (χ4v) is 2.97. The van der Waals surface area contributed by atoms with E-state index in [9.17, 15) is 9.59 Å². The molecule has 3 rings (SSSR count). The van der Waals surface area contributed by atoms with Crippen LogP contribution in [0, 0.1) is 5.92 Å². The first-order chi connectivity index (χ1) is 10.7. The largest absolute Gasteiger partial charge is 0.477 e. The Kier molecular flexibility index (Phi) is 4.13. The molecule has 2 atom stereocenters. The third kappa shape index (κ3) is 2.84. The van der Waals surface area contributed by atoms with Crippen molar-refractivity contribution in [1.29, 1.82) is 0 Å². The maximum Gasteiger partial charge on any atom is 0.262 e. The van der Waals surface area contributed by atoms with Crippen molar-refractivity contribution >= 4 is 17.5 Å². The van der Waals surface area contributed by atoms with E-state index >= 15 is 0 Å². The summed E-state index contributed by atoms with van der Waals surface area (Å²) < 4.78 is 5.72. The van der Waals surface area contributed by atoms with Crippen molar-refractivity contribution in [3.05, 3.63) is 36.4 Å². The van der Waals surface area contributed by atoms with E-state index in [-0.39, 0.29) is 18.4 Å². The van der Waals surface area contributed by atoms with E-state index in [1.54, 1.807) is 18.0 Å². The third-order valence-corrected chi connectivity index (χ3v) is 4.16. The number of amides is 2. The van der Waals surface area contributed by atoms with E-state index in [4.69, 9.17) is 4.74 Å². The van der Waals surface area contributed by atoms with Gasteiger partial charge in [-0.25, -0.2) is 0 Å². The van der Waals surface area contributed by atoms with Crippen LogP contribution >= 0.6 is 0 Å². The number of nitrogens with one attached hydrogen (secondary N) is 1. The lowest BCUT2D eigenvalue weighted by Gasteiger charge is -2.34. The predicted octanol–water partition coefficient (Wildman–Crippen LogP) is 1.88. The maximum atomic E-state index is 12.7. The van der Waals surface area contributed by atoms with E-state index in [2.05, 4.69) is 17.5 Å². The summed E-state index contributed by atoms with van der Waals surface area (Å²) in [6, 6.07) is 7.36. The summed E-state index contributed by atoms with van der Waals surface area (Å²) in [5, 5.41) is 2.59. The van der Waals surface area contributed by atoms with Crippen molar-refractivity contribution in [2.75, 3.05) is 18.5 Å². The Bertz CT molecular complexity index is 612. The Labute approximate surface area is 129 Å². The number of allylic oxidation sites excluding steroid dienone is 2. The maximum absolute atomic E-state index is 12.7. The van der Waals surface area contributed by atoms with Gasteiger partial charge in [-0.15, -0.1) is 0 Å². The molecule has 2 aliphatic rings. The molecule has 0 radical (unpaired) electrons. The molecule has 1 aromatic carbocycles. The van der Waals surface area contributed by atoms with Crippen LogP contribution in [0.25, 0.3) is 0 Å². The molecule has 0 saturated carbocycles. The average molecular weight is 300 g/mol. The van der Waals surface area contributed by atoms with Crippen LogP contribution in [0.4, 0.5) is 5.69 Å². The minimum atomic E-state index is -0.664. The second-order valence-electron chi connectivity index (χ2n) is 5.66. The second-order valence-corrected chi connectivity index (χ2v) is 5.66. The summed E-state index contributed by atoms with van der Waals surface area (Å²) in [4.78, 5) is 26.3. The first kappa shape index (κ1) is 14.6. The van der Waals surface area contributed by atoms with Gasteiger partial charge in [0.1, 0.15) is 5.75 Å². The van der Waals surface area contributed by atoms with Gasteiger partial charge in [0.25, 0.3) is 5.91 Å². The molecule has 0 fully saturated rings. The monoisotopic (exact) mass is 300 g/mol. The second kappa shape index (κ2) is 6.22. The molecule has 0 spiro atoms. The number of likely N-dealkylation sites (N-methyl/N-ethyl adjacent to an activating group) is 1. The van der Waals surface area contributed by atoms with Crippen LogP contribution < -0.4 is 15.0 Å². The summed E-state index contributed by atoms with van der Waals surface area (Å²) in [5.41, 5.74) is 0.745. The van der Waals surface area contributed by atoms with Crippen LogP contribution in [0.15, 0.2) is 36.4 Å². The fourth-order valence-electron chi connectivity index (χ4n) is 2.97. The third-order valence-electron chi connectivity index (χ3n) is 4.16. The van der Waals surface area contributed by atoms with Crippen LogP contribution in [0.5, 0.6) is 5.75 Å². The van der Waals surface area contributed by atoms with Gasteiger partial charge in [0.15, 0.2) is 6.10 Å². The quantitative estimate of drug-likeness (QED) is 0.867. The number of hydrogen-bond acceptors (Lipinski definition) is 3. The molecular weight excluding hydrogens is 280 g/mol. The zero-order chi connectivity index (χ0) is 15.5. The number of benzene rings is 1. The first-order valence-corrected chi connectivity index (χ1v) is 7.63. The van der Waals surface area contributed by atoms with Gasteiger partial charge in [-0.2, -0.15) is 0 Å². The molecule has 0 unspecified atom stereocenters. The Morgan fingerprint density at radius 1 is 1.36 bits per heavy atom. The molecule has 0 bridgehead atoms. The van der Waals surface area contributed by atoms with E-state index in [1.807, 2.05) is 18.2 Å². The number of carbonyl (C=O) groups excluding carboxylic acids is 2. The lowest BCUT2D eigenvalue weighted by Crippen LogP contribution is -2.50. The molecule has 1 aromatic rings. The van der Waals surface area contributed by atoms with Gasteiger partial charge in [0.2, 0.25) is 5.91 Å². The van der Waals surface area contributed by atoms with Gasteiger partial charge in [0.05, 0.1) is 12.2 Å². The van der Waals surface area contributed by atoms with Gasteiger partial charge >= 0.3 is 0 Å². The van der Waals surface area contributed by atoms with E-state index < -0.39 is 6.10 Å². The molecule has 22 heavy (non-hydrogen) atoms. The van der Waals surface area contributed by atoms with Crippen molar-refractivity contribution in [2.45, 2.75) is 25.4 Å². The molecule has 1 heterocycles. The molecular formula is C17H20N2O3. The Hall–Kier alpha value is -2.30. The van der Waals surface area contributed by atoms with E-state index in [0.717, 1.165) is 18.5 Å². The standard InChI is InChI=1S/C17H20N2O3/c1-18-17(21)15-11-19(13-8-4-5-9-14(13)22-15)16(20)10-12-6-2-3-7-12/h2,4-6,8-9,12,15H,3,7,10-11H2,1H3,(H,18,21)/t12-,15-/m1/s1. The molecule has 5 heteroatoms. The van der Waals surface area contributed by atoms with E-state index in [0.29, 0.717) is 18.1 Å². The molecule has 1 aliphatic carbocycles. The zero-order valence-corrected chi connectivity index (χ0v) is 12.6. The lowest BCUT2D eigenvalue weighted by atomic mass is 10.0. The van der Waals surface area contributed by atoms with Crippen molar-refractivity contribution in [2.24, 2.45) is 5.92 Å². The summed E-state index contributed by atoms with van der Waals surface area (Å²) >= 11 is 0. The van der Waals surface area contributed by atoms with Gasteiger partial charge in [-0.1, -0.05) is 24.3 Å². The Balaban J connectivity index is 1.82. The van der Waals surface area contributed by atoms with Gasteiger partial charge in [-0.3, -0.25) is 9.59 Å². The zero-order valence-electron chi connectivity index (χ0n) is 12.6. The average Bonchev–Trinajstić information content (AvgIpc) is 3.05. The first-order valence-electron chi connectivity index (χ1n) is 7.63. The van der Waals surface area contributed by atoms with Crippen molar-refractivity contribution in [3.63, 3.8) is 0 Å². The molecule has 2 amide bonds. The summed E-state index contributed by atoms with van der Waals surface area (Å²) in [5.74, 6) is 0.716. The highest BCUT2D eigenvalue weighted by Crippen LogP contribution is 2.34. The van der Waals surface area contributed by atoms with Crippen LogP contribution in [0.3, 0.4) is 0 Å². The molecule has 0 saturated heterocycles. The molecule has 1 aliphatic heterocycles. The predicted molar refractivity (Wildman–Crippen MR) is 83.8 cm³/mol. The Morgan fingerprint density at radius 2 is 2.18 bits per heavy atom. The van der Waals surface area contributed by atoms with Crippen LogP contribution in [-0.4, -0.2) is 31.5 Å². The molecule has 0 aromatic heterocycles. The molecule has 116 valence electrons. The van der Waals surface area contributed by atoms with Crippen LogP contribution in [-0.2, 0) is 9.59 Å². The smallest absolute Gasteiger partial charge is 0.262 e. The van der Waals surface area contributed by atoms with Crippen LogP contribution in [0.2, 0.25) is 0 Å². The summed E-state index contributed by atoms with van der Waals surface area (Å²) in [6.45, 7) is 0.256. The summed E-state index contributed by atoms with van der Waals surface area (Å²) in [6.07, 6.45) is 6.11. The van der Waals surface area contributed by atoms with Crippen LogP contribution in [0.1, 0.15) is 19.3 Å². The highest BCUT2D eigenvalue weighted by molar-refractivity contribution is 5.97. The number of ether oxygens (including phenoxy) is 1. The topological polar surface area (TPSA) is 58.6 Å². The fraction of sp³-hybridized carbons (Fsp3) is 0.412. The summed E-state index contributed by atoms with van der Waals surface area (Å²) in [7, 11) is 1.57. The number of hydrogen-bond donors (Lipinski definition) is 1. The highest BCUT2D eigenvalue weighted by atomic mass is 16.5. The molecule has 1 N–H and O–H groups in total. The number of para-hydroxylation sites is 2. The normalized spacial score (nSPS) is 22.9. The van der Waals surface area contributed by atoms with Crippen molar-refractivity contribution < 1.29 is 14.3 Å². The minimum Gasteiger partial charge on any atom is -0.477 e. The number of rotatable bonds is 3. The van der Waals surface area contributed by atoms with Gasteiger partial charge in [0, 0.05) is 13.5 Å². The minimum absolute atomic E-state index is 0.0428. The lowest BCUT2D eigenvalue weighted by molar-refractivity contribution is -0.128. The van der Waals surface area contributed by atoms with Gasteiger partial charge in [-0.05, 0) is 30.9 Å². The molecule has 5 nitrogen and oxygen atoms in total. The number of nitrogens with zero attached hydrogens (tertiary/aromatic N) is 1. The van der Waals surface area contributed by atoms with Gasteiger partial charge < -0.3 is 15.0 Å². The SMILES string of the molecule is CNC(=O)[C@H]1CN(C(=O)C[C@@H]2C=CCC2)c2ccccc2O1. The Morgan fingerprint density at radius 3 is 2.91 bits per heavy atom.